The molecule has 118 valence electrons. The second-order valence-corrected chi connectivity index (χ2v) is 6.90. The third-order valence-corrected chi connectivity index (χ3v) is 4.93. The molecule has 2 heterocycles. The summed E-state index contributed by atoms with van der Waals surface area (Å²) >= 11 is 1.60. The second kappa shape index (κ2) is 7.15. The van der Waals surface area contributed by atoms with E-state index in [2.05, 4.69) is 27.2 Å². The lowest BCUT2D eigenvalue weighted by Gasteiger charge is -2.11. The summed E-state index contributed by atoms with van der Waals surface area (Å²) in [5.41, 5.74) is 2.03. The Morgan fingerprint density at radius 1 is 1.50 bits per heavy atom. The van der Waals surface area contributed by atoms with Gasteiger partial charge in [0.05, 0.1) is 22.5 Å². The molecule has 1 amide bonds. The van der Waals surface area contributed by atoms with Crippen molar-refractivity contribution < 1.29 is 4.79 Å². The van der Waals surface area contributed by atoms with Gasteiger partial charge in [-0.15, -0.1) is 11.8 Å². The summed E-state index contributed by atoms with van der Waals surface area (Å²) in [5.74, 6) is 2.87. The van der Waals surface area contributed by atoms with Crippen LogP contribution in [0.25, 0.3) is 11.0 Å². The van der Waals surface area contributed by atoms with Crippen LogP contribution in [0, 0.1) is 5.92 Å². The Morgan fingerprint density at radius 2 is 2.36 bits per heavy atom. The van der Waals surface area contributed by atoms with Crippen LogP contribution in [0.2, 0.25) is 0 Å². The molecule has 1 unspecified atom stereocenters. The molecule has 2 aromatic rings. The SMILES string of the molecule is CN1CCC(CNC(=O)CSCc2nc3ccccc3[nH]2)C1. The fourth-order valence-electron chi connectivity index (χ4n) is 2.82. The Morgan fingerprint density at radius 3 is 3.14 bits per heavy atom. The summed E-state index contributed by atoms with van der Waals surface area (Å²) in [7, 11) is 2.13. The monoisotopic (exact) mass is 318 g/mol. The van der Waals surface area contributed by atoms with Gasteiger partial charge < -0.3 is 15.2 Å². The number of hydrogen-bond donors (Lipinski definition) is 2. The number of nitrogens with zero attached hydrogens (tertiary/aromatic N) is 2. The van der Waals surface area contributed by atoms with Crippen molar-refractivity contribution in [3.05, 3.63) is 30.1 Å². The smallest absolute Gasteiger partial charge is 0.230 e. The third kappa shape index (κ3) is 4.01. The van der Waals surface area contributed by atoms with E-state index in [0.29, 0.717) is 11.7 Å². The molecular formula is C16H22N4OS. The largest absolute Gasteiger partial charge is 0.355 e. The van der Waals surface area contributed by atoms with Crippen molar-refractivity contribution in [3.8, 4) is 0 Å². The van der Waals surface area contributed by atoms with E-state index in [0.717, 1.165) is 42.2 Å². The van der Waals surface area contributed by atoms with Gasteiger partial charge >= 0.3 is 0 Å². The van der Waals surface area contributed by atoms with E-state index in [-0.39, 0.29) is 5.91 Å². The lowest BCUT2D eigenvalue weighted by atomic mass is 10.1. The number of likely N-dealkylation sites (tertiary alicyclic amines) is 1. The molecule has 1 atom stereocenters. The minimum Gasteiger partial charge on any atom is -0.355 e. The summed E-state index contributed by atoms with van der Waals surface area (Å²) in [6.45, 7) is 3.03. The van der Waals surface area contributed by atoms with Crippen molar-refractivity contribution in [1.82, 2.24) is 20.2 Å². The van der Waals surface area contributed by atoms with E-state index in [1.165, 1.54) is 6.42 Å². The van der Waals surface area contributed by atoms with Crippen LogP contribution in [0.5, 0.6) is 0 Å². The molecule has 1 aliphatic rings. The molecule has 6 heteroatoms. The van der Waals surface area contributed by atoms with Crippen LogP contribution in [0.4, 0.5) is 0 Å². The highest BCUT2D eigenvalue weighted by molar-refractivity contribution is 7.99. The molecule has 22 heavy (non-hydrogen) atoms. The number of hydrogen-bond acceptors (Lipinski definition) is 4. The van der Waals surface area contributed by atoms with Crippen molar-refractivity contribution in [1.29, 1.82) is 0 Å². The van der Waals surface area contributed by atoms with Crippen molar-refractivity contribution in [3.63, 3.8) is 0 Å². The minimum absolute atomic E-state index is 0.121. The van der Waals surface area contributed by atoms with Crippen LogP contribution >= 0.6 is 11.8 Å². The van der Waals surface area contributed by atoms with Crippen molar-refractivity contribution in [2.45, 2.75) is 12.2 Å². The zero-order valence-corrected chi connectivity index (χ0v) is 13.7. The molecule has 0 aliphatic carbocycles. The summed E-state index contributed by atoms with van der Waals surface area (Å²) in [6, 6.07) is 7.98. The first-order valence-electron chi connectivity index (χ1n) is 7.67. The van der Waals surface area contributed by atoms with Gasteiger partial charge in [-0.05, 0) is 38.1 Å². The number of thioether (sulfide) groups is 1. The van der Waals surface area contributed by atoms with Crippen molar-refractivity contribution >= 4 is 28.7 Å². The Bertz CT molecular complexity index is 609. The van der Waals surface area contributed by atoms with Crippen LogP contribution in [-0.2, 0) is 10.5 Å². The number of H-pyrrole nitrogens is 1. The lowest BCUT2D eigenvalue weighted by molar-refractivity contribution is -0.118. The predicted octanol–water partition coefficient (Wildman–Crippen LogP) is 1.86. The average Bonchev–Trinajstić information content (AvgIpc) is 3.10. The Kier molecular flexibility index (Phi) is 5.00. The van der Waals surface area contributed by atoms with Crippen LogP contribution < -0.4 is 5.32 Å². The molecule has 0 radical (unpaired) electrons. The highest BCUT2D eigenvalue weighted by Crippen LogP contribution is 2.15. The summed E-state index contributed by atoms with van der Waals surface area (Å²) in [4.78, 5) is 22.0. The molecule has 1 fully saturated rings. The maximum Gasteiger partial charge on any atom is 0.230 e. The number of aromatic amines is 1. The maximum atomic E-state index is 11.9. The van der Waals surface area contributed by atoms with E-state index in [1.54, 1.807) is 11.8 Å². The number of amides is 1. The number of para-hydroxylation sites is 2. The van der Waals surface area contributed by atoms with Gasteiger partial charge in [-0.1, -0.05) is 12.1 Å². The molecule has 2 N–H and O–H groups in total. The molecule has 1 aliphatic heterocycles. The lowest BCUT2D eigenvalue weighted by Crippen LogP contribution is -2.31. The molecule has 3 rings (SSSR count). The van der Waals surface area contributed by atoms with Gasteiger partial charge in [-0.25, -0.2) is 4.98 Å². The summed E-state index contributed by atoms with van der Waals surface area (Å²) in [6.07, 6.45) is 1.18. The second-order valence-electron chi connectivity index (χ2n) is 5.91. The normalized spacial score (nSPS) is 18.9. The van der Waals surface area contributed by atoms with E-state index >= 15 is 0 Å². The number of nitrogens with one attached hydrogen (secondary N) is 2. The van der Waals surface area contributed by atoms with Gasteiger partial charge in [0.2, 0.25) is 5.91 Å². The van der Waals surface area contributed by atoms with Gasteiger partial charge in [0.15, 0.2) is 0 Å². The number of carbonyl (C=O) groups excluding carboxylic acids is 1. The zero-order valence-electron chi connectivity index (χ0n) is 12.8. The standard InChI is InChI=1S/C16H22N4OS/c1-20-7-6-12(9-20)8-17-16(21)11-22-10-15-18-13-4-2-3-5-14(13)19-15/h2-5,12H,6-11H2,1H3,(H,17,21)(H,18,19). The molecule has 1 saturated heterocycles. The molecule has 1 aromatic heterocycles. The number of aromatic nitrogens is 2. The Balaban J connectivity index is 1.38. The van der Waals surface area contributed by atoms with Crippen LogP contribution in [0.15, 0.2) is 24.3 Å². The highest BCUT2D eigenvalue weighted by atomic mass is 32.2. The van der Waals surface area contributed by atoms with E-state index in [4.69, 9.17) is 0 Å². The third-order valence-electron chi connectivity index (χ3n) is 3.99. The number of imidazole rings is 1. The Hall–Kier alpha value is -1.53. The van der Waals surface area contributed by atoms with Gasteiger partial charge in [0, 0.05) is 13.1 Å². The molecular weight excluding hydrogens is 296 g/mol. The molecule has 5 nitrogen and oxygen atoms in total. The number of rotatable bonds is 6. The molecule has 0 spiro atoms. The summed E-state index contributed by atoms with van der Waals surface area (Å²) in [5, 5.41) is 3.04. The number of benzene rings is 1. The first kappa shape index (κ1) is 15.4. The predicted molar refractivity (Wildman–Crippen MR) is 90.9 cm³/mol. The van der Waals surface area contributed by atoms with Crippen LogP contribution in [-0.4, -0.2) is 53.2 Å². The molecule has 1 aromatic carbocycles. The van der Waals surface area contributed by atoms with Crippen molar-refractivity contribution in [2.75, 3.05) is 32.4 Å². The molecule has 0 saturated carbocycles. The fourth-order valence-corrected chi connectivity index (χ4v) is 3.54. The van der Waals surface area contributed by atoms with Gasteiger partial charge in [0.1, 0.15) is 5.82 Å². The minimum atomic E-state index is 0.121. The first-order valence-corrected chi connectivity index (χ1v) is 8.83. The zero-order chi connectivity index (χ0) is 15.4. The topological polar surface area (TPSA) is 61.0 Å². The fraction of sp³-hybridized carbons (Fsp3) is 0.500. The van der Waals surface area contributed by atoms with Crippen LogP contribution in [0.1, 0.15) is 12.2 Å². The first-order chi connectivity index (χ1) is 10.7. The number of carbonyl (C=O) groups is 1. The number of fused-ring (bicyclic) bond motifs is 1. The maximum absolute atomic E-state index is 11.9. The summed E-state index contributed by atoms with van der Waals surface area (Å²) < 4.78 is 0. The van der Waals surface area contributed by atoms with Crippen LogP contribution in [0.3, 0.4) is 0 Å². The highest BCUT2D eigenvalue weighted by Gasteiger charge is 2.19. The quantitative estimate of drug-likeness (QED) is 0.853. The van der Waals surface area contributed by atoms with Crippen molar-refractivity contribution in [2.24, 2.45) is 5.92 Å². The average molecular weight is 318 g/mol. The van der Waals surface area contributed by atoms with Gasteiger partial charge in [-0.2, -0.15) is 0 Å². The van der Waals surface area contributed by atoms with E-state index < -0.39 is 0 Å². The van der Waals surface area contributed by atoms with Gasteiger partial charge in [-0.3, -0.25) is 4.79 Å². The van der Waals surface area contributed by atoms with E-state index in [9.17, 15) is 4.79 Å². The van der Waals surface area contributed by atoms with Gasteiger partial charge in [0.25, 0.3) is 0 Å². The Labute approximate surface area is 134 Å². The van der Waals surface area contributed by atoms with E-state index in [1.807, 2.05) is 24.3 Å². The molecule has 0 bridgehead atoms.